The normalized spacial score (nSPS) is 18.6. The highest BCUT2D eigenvalue weighted by atomic mass is 32.1. The number of hydrogen-bond acceptors (Lipinski definition) is 6. The van der Waals surface area contributed by atoms with Crippen LogP contribution in [-0.2, 0) is 22.4 Å². The summed E-state index contributed by atoms with van der Waals surface area (Å²) in [5.41, 5.74) is 10.7. The molecule has 5 nitrogen and oxygen atoms in total. The van der Waals surface area contributed by atoms with Crippen molar-refractivity contribution in [2.45, 2.75) is 39.0 Å². The van der Waals surface area contributed by atoms with Gasteiger partial charge in [-0.15, -0.1) is 11.3 Å². The minimum absolute atomic E-state index is 0.291. The molecule has 1 aliphatic carbocycles. The van der Waals surface area contributed by atoms with E-state index < -0.39 is 0 Å². The Morgan fingerprint density at radius 2 is 2.32 bits per heavy atom. The van der Waals surface area contributed by atoms with E-state index in [-0.39, 0.29) is 11.9 Å². The Bertz CT molecular complexity index is 871. The highest BCUT2D eigenvalue weighted by Crippen LogP contribution is 2.48. The molecule has 6 heteroatoms. The summed E-state index contributed by atoms with van der Waals surface area (Å²) in [6.45, 7) is 3.91. The second kappa shape index (κ2) is 6.19. The van der Waals surface area contributed by atoms with Crippen molar-refractivity contribution < 1.29 is 14.3 Å². The van der Waals surface area contributed by atoms with Crippen LogP contribution in [0.1, 0.15) is 47.9 Å². The van der Waals surface area contributed by atoms with Crippen molar-refractivity contribution in [3.8, 4) is 5.88 Å². The second-order valence-corrected chi connectivity index (χ2v) is 7.24. The van der Waals surface area contributed by atoms with Crippen LogP contribution in [0.25, 0.3) is 0 Å². The van der Waals surface area contributed by atoms with E-state index >= 15 is 0 Å². The molecule has 1 aliphatic heterocycles. The fourth-order valence-corrected chi connectivity index (χ4v) is 4.56. The van der Waals surface area contributed by atoms with Crippen LogP contribution in [0, 0.1) is 0 Å². The largest absolute Gasteiger partial charge is 0.463 e. The predicted molar refractivity (Wildman–Crippen MR) is 96.8 cm³/mol. The maximum atomic E-state index is 12.7. The Morgan fingerprint density at radius 3 is 3.04 bits per heavy atom. The number of nitrogens with zero attached hydrogens (tertiary/aromatic N) is 1. The Balaban J connectivity index is 1.94. The standard InChI is InChI=1S/C19H20N2O3S/c1-3-23-19(22)14-10(2)24-18-16(15(14)13-8-5-9-25-13)17(20)11-6-4-7-12(11)21-18/h5,8-9,15H,3-4,6-7H2,1-2H3,(H2,20,21)/t15-/m0/s1. The van der Waals surface area contributed by atoms with Gasteiger partial charge in [0.1, 0.15) is 5.76 Å². The smallest absolute Gasteiger partial charge is 0.338 e. The molecule has 2 aromatic heterocycles. The zero-order chi connectivity index (χ0) is 17.6. The topological polar surface area (TPSA) is 74.4 Å². The number of carbonyl (C=O) groups excluding carboxylic acids is 1. The quantitative estimate of drug-likeness (QED) is 0.851. The van der Waals surface area contributed by atoms with Crippen molar-refractivity contribution in [3.63, 3.8) is 0 Å². The third-order valence-electron chi connectivity index (χ3n) is 4.80. The van der Waals surface area contributed by atoms with Gasteiger partial charge in [0.2, 0.25) is 5.88 Å². The molecular formula is C19H20N2O3S. The van der Waals surface area contributed by atoms with Gasteiger partial charge < -0.3 is 15.2 Å². The van der Waals surface area contributed by atoms with Crippen LogP contribution in [0.3, 0.4) is 0 Å². The summed E-state index contributed by atoms with van der Waals surface area (Å²) in [5, 5.41) is 2.00. The number of fused-ring (bicyclic) bond motifs is 2. The maximum Gasteiger partial charge on any atom is 0.338 e. The number of rotatable bonds is 3. The van der Waals surface area contributed by atoms with Crippen molar-refractivity contribution in [1.82, 2.24) is 4.98 Å². The monoisotopic (exact) mass is 356 g/mol. The van der Waals surface area contributed by atoms with E-state index in [1.807, 2.05) is 17.5 Å². The maximum absolute atomic E-state index is 12.7. The molecule has 2 aromatic rings. The summed E-state index contributed by atoms with van der Waals surface area (Å²) in [4.78, 5) is 18.4. The van der Waals surface area contributed by atoms with E-state index in [1.54, 1.807) is 25.2 Å². The molecule has 0 unspecified atom stereocenters. The molecule has 0 amide bonds. The lowest BCUT2D eigenvalue weighted by atomic mass is 9.85. The summed E-state index contributed by atoms with van der Waals surface area (Å²) >= 11 is 1.60. The lowest BCUT2D eigenvalue weighted by Crippen LogP contribution is -2.25. The number of allylic oxidation sites excluding steroid dienone is 1. The number of ether oxygens (including phenoxy) is 2. The second-order valence-electron chi connectivity index (χ2n) is 6.26. The zero-order valence-electron chi connectivity index (χ0n) is 14.3. The molecule has 0 saturated heterocycles. The fraction of sp³-hybridized carbons (Fsp3) is 0.368. The molecule has 1 atom stereocenters. The summed E-state index contributed by atoms with van der Waals surface area (Å²) in [6, 6.07) is 3.99. The Morgan fingerprint density at radius 1 is 1.48 bits per heavy atom. The van der Waals surface area contributed by atoms with Crippen LogP contribution in [0.5, 0.6) is 5.88 Å². The minimum atomic E-state index is -0.357. The number of aryl methyl sites for hydroxylation is 1. The number of nitrogen functional groups attached to an aromatic ring is 1. The van der Waals surface area contributed by atoms with Gasteiger partial charge in [0, 0.05) is 16.3 Å². The molecule has 0 bridgehead atoms. The van der Waals surface area contributed by atoms with Crippen molar-refractivity contribution >= 4 is 23.0 Å². The highest BCUT2D eigenvalue weighted by Gasteiger charge is 2.39. The fourth-order valence-electron chi connectivity index (χ4n) is 3.72. The molecule has 3 heterocycles. The van der Waals surface area contributed by atoms with Crippen LogP contribution < -0.4 is 10.5 Å². The first-order chi connectivity index (χ1) is 12.1. The average Bonchev–Trinajstić information content (AvgIpc) is 3.25. The van der Waals surface area contributed by atoms with Crippen LogP contribution in [0.4, 0.5) is 5.69 Å². The summed E-state index contributed by atoms with van der Waals surface area (Å²) in [7, 11) is 0. The van der Waals surface area contributed by atoms with Gasteiger partial charge in [-0.25, -0.2) is 9.78 Å². The zero-order valence-corrected chi connectivity index (χ0v) is 15.1. The average molecular weight is 356 g/mol. The van der Waals surface area contributed by atoms with Gasteiger partial charge >= 0.3 is 5.97 Å². The number of pyridine rings is 1. The molecule has 0 radical (unpaired) electrons. The number of aromatic nitrogens is 1. The van der Waals surface area contributed by atoms with Crippen LogP contribution in [-0.4, -0.2) is 17.6 Å². The number of thiophene rings is 1. The minimum Gasteiger partial charge on any atom is -0.463 e. The molecule has 130 valence electrons. The molecular weight excluding hydrogens is 336 g/mol. The van der Waals surface area contributed by atoms with E-state index in [9.17, 15) is 4.79 Å². The van der Waals surface area contributed by atoms with E-state index in [0.29, 0.717) is 29.5 Å². The summed E-state index contributed by atoms with van der Waals surface area (Å²) < 4.78 is 11.2. The molecule has 2 aliphatic rings. The predicted octanol–water partition coefficient (Wildman–Crippen LogP) is 3.58. The van der Waals surface area contributed by atoms with Gasteiger partial charge in [0.15, 0.2) is 0 Å². The van der Waals surface area contributed by atoms with Crippen molar-refractivity contribution in [1.29, 1.82) is 0 Å². The number of carbonyl (C=O) groups is 1. The molecule has 2 N–H and O–H groups in total. The number of nitrogens with two attached hydrogens (primary N) is 1. The summed E-state index contributed by atoms with van der Waals surface area (Å²) in [5.74, 6) is 0.418. The van der Waals surface area contributed by atoms with E-state index in [0.717, 1.165) is 41.0 Å². The van der Waals surface area contributed by atoms with Gasteiger partial charge in [-0.05, 0) is 50.1 Å². The van der Waals surface area contributed by atoms with Crippen LogP contribution in [0.2, 0.25) is 0 Å². The highest BCUT2D eigenvalue weighted by molar-refractivity contribution is 7.10. The van der Waals surface area contributed by atoms with E-state index in [1.165, 1.54) is 0 Å². The van der Waals surface area contributed by atoms with Crippen LogP contribution in [0.15, 0.2) is 28.8 Å². The first kappa shape index (κ1) is 16.1. The lowest BCUT2D eigenvalue weighted by molar-refractivity contribution is -0.139. The summed E-state index contributed by atoms with van der Waals surface area (Å²) in [6.07, 6.45) is 2.90. The van der Waals surface area contributed by atoms with Crippen molar-refractivity contribution in [3.05, 3.63) is 50.5 Å². The molecule has 0 fully saturated rings. The van der Waals surface area contributed by atoms with Gasteiger partial charge in [-0.2, -0.15) is 0 Å². The lowest BCUT2D eigenvalue weighted by Gasteiger charge is -2.29. The van der Waals surface area contributed by atoms with Gasteiger partial charge in [-0.1, -0.05) is 6.07 Å². The van der Waals surface area contributed by atoms with Gasteiger partial charge in [-0.3, -0.25) is 0 Å². The molecule has 25 heavy (non-hydrogen) atoms. The first-order valence-corrected chi connectivity index (χ1v) is 9.40. The number of anilines is 1. The van der Waals surface area contributed by atoms with Crippen molar-refractivity contribution in [2.24, 2.45) is 0 Å². The van der Waals surface area contributed by atoms with E-state index in [2.05, 4.69) is 0 Å². The van der Waals surface area contributed by atoms with Gasteiger partial charge in [0.25, 0.3) is 0 Å². The third kappa shape index (κ3) is 2.52. The van der Waals surface area contributed by atoms with Crippen molar-refractivity contribution in [2.75, 3.05) is 12.3 Å². The Kier molecular flexibility index (Phi) is 4.00. The molecule has 0 aromatic carbocycles. The number of hydrogen-bond donors (Lipinski definition) is 1. The molecule has 4 rings (SSSR count). The molecule has 0 spiro atoms. The van der Waals surface area contributed by atoms with E-state index in [4.69, 9.17) is 20.2 Å². The Hall–Kier alpha value is -2.34. The third-order valence-corrected chi connectivity index (χ3v) is 5.74. The van der Waals surface area contributed by atoms with Gasteiger partial charge in [0.05, 0.1) is 23.7 Å². The Labute approximate surface area is 150 Å². The first-order valence-electron chi connectivity index (χ1n) is 8.52. The number of esters is 1. The molecule has 0 saturated carbocycles. The SMILES string of the molecule is CCOC(=O)C1=C(C)Oc2nc3c(c(N)c2[C@H]1c1cccs1)CCC3. The van der Waals surface area contributed by atoms with Crippen LogP contribution >= 0.6 is 11.3 Å².